The molecule has 1 aliphatic heterocycles. The lowest BCUT2D eigenvalue weighted by atomic mass is 9.74. The number of hydrogen-bond donors (Lipinski definition) is 3. The fourth-order valence-electron chi connectivity index (χ4n) is 5.25. The quantitative estimate of drug-likeness (QED) is 0.224. The summed E-state index contributed by atoms with van der Waals surface area (Å²) in [6, 6.07) is 6.56. The number of fused-ring (bicyclic) bond motifs is 1. The van der Waals surface area contributed by atoms with Crippen LogP contribution in [0.15, 0.2) is 36.5 Å². The number of carboxylic acids is 1. The van der Waals surface area contributed by atoms with Gasteiger partial charge in [0.15, 0.2) is 11.6 Å². The van der Waals surface area contributed by atoms with E-state index in [4.69, 9.17) is 10.5 Å². The summed E-state index contributed by atoms with van der Waals surface area (Å²) in [5.41, 5.74) is 6.09. The van der Waals surface area contributed by atoms with Crippen LogP contribution in [0.1, 0.15) is 43.0 Å². The number of nitrogens with two attached hydrogens (primary N) is 1. The van der Waals surface area contributed by atoms with Crippen molar-refractivity contribution in [2.45, 2.75) is 38.4 Å². The number of methoxy groups -OCH3 is 1. The maximum Gasteiger partial charge on any atom is 0.309 e. The van der Waals surface area contributed by atoms with E-state index in [1.54, 1.807) is 24.4 Å². The molecule has 3 aromatic rings. The van der Waals surface area contributed by atoms with Crippen molar-refractivity contribution in [3.8, 4) is 5.75 Å². The number of halogens is 4. The topological polar surface area (TPSA) is 101 Å². The molecule has 4 N–H and O–H groups in total. The van der Waals surface area contributed by atoms with Gasteiger partial charge in [-0.05, 0) is 62.5 Å². The van der Waals surface area contributed by atoms with Gasteiger partial charge in [0.05, 0.1) is 23.7 Å². The van der Waals surface area contributed by atoms with Gasteiger partial charge < -0.3 is 25.8 Å². The molecule has 1 saturated heterocycles. The smallest absolute Gasteiger partial charge is 0.309 e. The second-order valence-corrected chi connectivity index (χ2v) is 9.89. The number of carbonyl (C=O) groups is 1. The lowest BCUT2D eigenvalue weighted by Crippen LogP contribution is -2.45. The van der Waals surface area contributed by atoms with Crippen LogP contribution in [-0.4, -0.2) is 54.2 Å². The van der Waals surface area contributed by atoms with Crippen LogP contribution in [0.4, 0.5) is 23.2 Å². The number of benzene rings is 2. The van der Waals surface area contributed by atoms with E-state index in [2.05, 4.69) is 10.3 Å². The van der Waals surface area contributed by atoms with Gasteiger partial charge in [0.2, 0.25) is 0 Å². The summed E-state index contributed by atoms with van der Waals surface area (Å²) in [5.74, 6) is -3.72. The van der Waals surface area contributed by atoms with Crippen LogP contribution in [0.3, 0.4) is 0 Å². The number of nitrogens with one attached hydrogen (secondary N) is 1. The Balaban J connectivity index is 1.39. The van der Waals surface area contributed by atoms with Crippen molar-refractivity contribution < 1.29 is 32.2 Å². The zero-order valence-electron chi connectivity index (χ0n) is 21.7. The third kappa shape index (κ3) is 6.25. The minimum atomic E-state index is -1.44. The summed E-state index contributed by atoms with van der Waals surface area (Å²) < 4.78 is 61.8. The van der Waals surface area contributed by atoms with E-state index in [0.29, 0.717) is 66.3 Å². The maximum absolute atomic E-state index is 15.8. The number of likely N-dealkylation sites (tertiary alicyclic amines) is 1. The molecule has 0 bridgehead atoms. The summed E-state index contributed by atoms with van der Waals surface area (Å²) in [5, 5.41) is 13.4. The van der Waals surface area contributed by atoms with Crippen molar-refractivity contribution in [3.05, 3.63) is 65.1 Å². The first kappa shape index (κ1) is 28.6. The number of alkyl halides is 1. The van der Waals surface area contributed by atoms with E-state index in [-0.39, 0.29) is 31.6 Å². The van der Waals surface area contributed by atoms with Crippen molar-refractivity contribution in [3.63, 3.8) is 0 Å². The van der Waals surface area contributed by atoms with E-state index in [1.165, 1.54) is 7.11 Å². The van der Waals surface area contributed by atoms with Crippen LogP contribution in [-0.2, 0) is 11.3 Å². The van der Waals surface area contributed by atoms with Gasteiger partial charge in [0.1, 0.15) is 17.7 Å². The molecule has 2 aromatic carbocycles. The predicted molar refractivity (Wildman–Crippen MR) is 140 cm³/mol. The number of hydrogen-bond acceptors (Lipinski definition) is 6. The second-order valence-electron chi connectivity index (χ2n) is 9.89. The Morgan fingerprint density at radius 2 is 1.97 bits per heavy atom. The van der Waals surface area contributed by atoms with Crippen LogP contribution in [0.5, 0.6) is 5.75 Å². The molecule has 39 heavy (non-hydrogen) atoms. The van der Waals surface area contributed by atoms with Gasteiger partial charge in [-0.3, -0.25) is 9.78 Å². The fourth-order valence-corrected chi connectivity index (χ4v) is 5.25. The Labute approximate surface area is 224 Å². The van der Waals surface area contributed by atoms with Gasteiger partial charge in [0, 0.05) is 48.9 Å². The van der Waals surface area contributed by atoms with Crippen LogP contribution in [0.2, 0.25) is 0 Å². The number of rotatable bonds is 11. The minimum Gasteiger partial charge on any atom is -0.497 e. The van der Waals surface area contributed by atoms with E-state index in [9.17, 15) is 23.1 Å². The molecule has 7 nitrogen and oxygen atoms in total. The van der Waals surface area contributed by atoms with E-state index >= 15 is 4.39 Å². The molecule has 0 amide bonds. The van der Waals surface area contributed by atoms with Crippen molar-refractivity contribution in [2.24, 2.45) is 11.1 Å². The number of carboxylic acid groups (broad SMARTS) is 1. The number of ether oxygens (including phenoxy) is 1. The first-order chi connectivity index (χ1) is 18.7. The molecular formula is C28H32F4N4O3. The van der Waals surface area contributed by atoms with Crippen LogP contribution in [0, 0.1) is 22.9 Å². The molecule has 1 aliphatic rings. The van der Waals surface area contributed by atoms with Crippen LogP contribution >= 0.6 is 0 Å². The molecule has 1 aromatic heterocycles. The largest absolute Gasteiger partial charge is 0.497 e. The molecule has 4 rings (SSSR count). The highest BCUT2D eigenvalue weighted by atomic mass is 19.2. The normalized spacial score (nSPS) is 16.3. The molecule has 1 atom stereocenters. The molecular weight excluding hydrogens is 516 g/mol. The molecule has 0 saturated carbocycles. The highest BCUT2D eigenvalue weighted by Crippen LogP contribution is 2.41. The van der Waals surface area contributed by atoms with Crippen molar-refractivity contribution in [2.75, 3.05) is 38.6 Å². The molecule has 1 unspecified atom stereocenters. The number of pyridine rings is 1. The third-order valence-electron chi connectivity index (χ3n) is 7.61. The van der Waals surface area contributed by atoms with Gasteiger partial charge in [0.25, 0.3) is 0 Å². The molecule has 0 aliphatic carbocycles. The number of aliphatic carboxylic acids is 1. The van der Waals surface area contributed by atoms with Gasteiger partial charge in [-0.2, -0.15) is 0 Å². The Bertz CT molecular complexity index is 1330. The second kappa shape index (κ2) is 12.2. The van der Waals surface area contributed by atoms with Gasteiger partial charge in [-0.1, -0.05) is 0 Å². The van der Waals surface area contributed by atoms with E-state index in [0.717, 1.165) is 6.07 Å². The predicted octanol–water partition coefficient (Wildman–Crippen LogP) is 5.19. The van der Waals surface area contributed by atoms with E-state index < -0.39 is 35.0 Å². The number of aromatic nitrogens is 1. The van der Waals surface area contributed by atoms with Crippen LogP contribution in [0.25, 0.3) is 10.9 Å². The number of anilines is 1. The van der Waals surface area contributed by atoms with E-state index in [1.807, 2.05) is 4.90 Å². The minimum absolute atomic E-state index is 0.00158. The van der Waals surface area contributed by atoms with Gasteiger partial charge >= 0.3 is 5.97 Å². The molecule has 210 valence electrons. The summed E-state index contributed by atoms with van der Waals surface area (Å²) in [4.78, 5) is 18.7. The van der Waals surface area contributed by atoms with Crippen molar-refractivity contribution in [1.29, 1.82) is 0 Å². The summed E-state index contributed by atoms with van der Waals surface area (Å²) in [7, 11) is 1.52. The molecule has 11 heteroatoms. The molecule has 1 fully saturated rings. The SMILES string of the molecule is COc1ccc2ncc(CN)c(C(F)CCC3(C(=O)O)CCN(CCNc4cc(F)cc(F)c4F)CC3)c2c1. The average molecular weight is 549 g/mol. The summed E-state index contributed by atoms with van der Waals surface area (Å²) in [6.07, 6.45) is 0.878. The first-order valence-corrected chi connectivity index (χ1v) is 12.8. The first-order valence-electron chi connectivity index (χ1n) is 12.8. The lowest BCUT2D eigenvalue weighted by Gasteiger charge is -2.39. The van der Waals surface area contributed by atoms with Gasteiger partial charge in [-0.15, -0.1) is 0 Å². The highest BCUT2D eigenvalue weighted by Gasteiger charge is 2.41. The Morgan fingerprint density at radius 1 is 1.23 bits per heavy atom. The Hall–Kier alpha value is -3.44. The number of piperidine rings is 1. The summed E-state index contributed by atoms with van der Waals surface area (Å²) >= 11 is 0. The zero-order chi connectivity index (χ0) is 28.2. The number of nitrogens with zero attached hydrogens (tertiary/aromatic N) is 2. The maximum atomic E-state index is 15.8. The third-order valence-corrected chi connectivity index (χ3v) is 7.61. The molecule has 0 spiro atoms. The van der Waals surface area contributed by atoms with Crippen molar-refractivity contribution in [1.82, 2.24) is 9.88 Å². The Morgan fingerprint density at radius 3 is 2.64 bits per heavy atom. The zero-order valence-corrected chi connectivity index (χ0v) is 21.7. The summed E-state index contributed by atoms with van der Waals surface area (Å²) in [6.45, 7) is 1.61. The molecule has 0 radical (unpaired) electrons. The van der Waals surface area contributed by atoms with Crippen molar-refractivity contribution >= 4 is 22.6 Å². The monoisotopic (exact) mass is 548 g/mol. The van der Waals surface area contributed by atoms with Gasteiger partial charge in [-0.25, -0.2) is 17.6 Å². The van der Waals surface area contributed by atoms with Crippen LogP contribution < -0.4 is 15.8 Å². The molecule has 2 heterocycles. The lowest BCUT2D eigenvalue weighted by molar-refractivity contribution is -0.153. The Kier molecular flexibility index (Phi) is 8.91. The fraction of sp³-hybridized carbons (Fsp3) is 0.429. The average Bonchev–Trinajstić information content (AvgIpc) is 2.93. The highest BCUT2D eigenvalue weighted by molar-refractivity contribution is 5.85. The standard InChI is InChI=1S/C28H32F4N4O3/c1-39-19-2-3-23-20(14-19)25(17(15-33)16-35-23)21(30)4-5-28(27(37)38)6-9-36(10-7-28)11-8-34-24-13-18(29)12-22(31)26(24)32/h2-3,12-14,16,21,34H,4-11,15,33H2,1H3,(H,37,38).